The van der Waals surface area contributed by atoms with Gasteiger partial charge in [-0.3, -0.25) is 14.9 Å². The van der Waals surface area contributed by atoms with E-state index in [0.29, 0.717) is 23.1 Å². The third-order valence-electron chi connectivity index (χ3n) is 5.29. The molecule has 0 spiro atoms. The number of benzene rings is 2. The number of carbonyl (C=O) groups excluding carboxylic acids is 2. The molecule has 8 heteroatoms. The maximum atomic E-state index is 12.5. The summed E-state index contributed by atoms with van der Waals surface area (Å²) in [5.74, 6) is 0.967. The standard InChI is InChI=1S/C25H25N3O4S/c1-5-11-28-19-12-18(9-10-20(19)31-14-22(28)30)23-17(4)33-25(27-23)26-21(29)13-32-24-15(2)7-6-8-16(24)3/h5-10,12H,1,11,13-14H2,2-4H3,(H,26,27,29). The number of aryl methyl sites for hydroxylation is 3. The number of thiazole rings is 1. The zero-order chi connectivity index (χ0) is 23.5. The third-order valence-corrected chi connectivity index (χ3v) is 6.17. The van der Waals surface area contributed by atoms with Crippen LogP contribution < -0.4 is 19.7 Å². The van der Waals surface area contributed by atoms with E-state index in [1.165, 1.54) is 11.3 Å². The first-order valence-electron chi connectivity index (χ1n) is 10.5. The molecule has 0 atom stereocenters. The molecule has 2 heterocycles. The molecular formula is C25H25N3O4S. The van der Waals surface area contributed by atoms with Gasteiger partial charge in [-0.05, 0) is 50.1 Å². The van der Waals surface area contributed by atoms with Crippen LogP contribution in [0.25, 0.3) is 11.3 Å². The average Bonchev–Trinajstić information content (AvgIpc) is 3.15. The second-order valence-electron chi connectivity index (χ2n) is 7.75. The molecule has 4 rings (SSSR count). The summed E-state index contributed by atoms with van der Waals surface area (Å²) in [6.45, 7) is 9.88. The minimum absolute atomic E-state index is 0.0101. The number of anilines is 2. The summed E-state index contributed by atoms with van der Waals surface area (Å²) in [6.07, 6.45) is 1.68. The topological polar surface area (TPSA) is 80.8 Å². The fourth-order valence-electron chi connectivity index (χ4n) is 3.72. The second-order valence-corrected chi connectivity index (χ2v) is 8.95. The number of hydrogen-bond donors (Lipinski definition) is 1. The maximum absolute atomic E-state index is 12.5. The van der Waals surface area contributed by atoms with Crippen LogP contribution in [0.5, 0.6) is 11.5 Å². The fraction of sp³-hybridized carbons (Fsp3) is 0.240. The van der Waals surface area contributed by atoms with Gasteiger partial charge < -0.3 is 14.4 Å². The highest BCUT2D eigenvalue weighted by Crippen LogP contribution is 2.38. The molecule has 0 aliphatic carbocycles. The van der Waals surface area contributed by atoms with Crippen LogP contribution in [0.1, 0.15) is 16.0 Å². The number of para-hydroxylation sites is 1. The normalized spacial score (nSPS) is 12.7. The van der Waals surface area contributed by atoms with Crippen molar-refractivity contribution in [2.75, 3.05) is 30.0 Å². The first-order valence-corrected chi connectivity index (χ1v) is 11.3. The predicted molar refractivity (Wildman–Crippen MR) is 130 cm³/mol. The van der Waals surface area contributed by atoms with Crippen molar-refractivity contribution in [3.8, 4) is 22.8 Å². The van der Waals surface area contributed by atoms with Gasteiger partial charge in [-0.15, -0.1) is 17.9 Å². The number of rotatable bonds is 7. The molecule has 0 unspecified atom stereocenters. The molecule has 1 aliphatic rings. The highest BCUT2D eigenvalue weighted by Gasteiger charge is 2.25. The van der Waals surface area contributed by atoms with Crippen LogP contribution in [0.4, 0.5) is 10.8 Å². The van der Waals surface area contributed by atoms with Crippen molar-refractivity contribution in [1.29, 1.82) is 0 Å². The zero-order valence-electron chi connectivity index (χ0n) is 18.8. The van der Waals surface area contributed by atoms with E-state index in [-0.39, 0.29) is 25.0 Å². The molecule has 7 nitrogen and oxygen atoms in total. The highest BCUT2D eigenvalue weighted by molar-refractivity contribution is 7.16. The summed E-state index contributed by atoms with van der Waals surface area (Å²) in [7, 11) is 0. The van der Waals surface area contributed by atoms with Crippen molar-refractivity contribution >= 4 is 34.0 Å². The quantitative estimate of drug-likeness (QED) is 0.515. The Labute approximate surface area is 196 Å². The van der Waals surface area contributed by atoms with Gasteiger partial charge in [-0.25, -0.2) is 4.98 Å². The maximum Gasteiger partial charge on any atom is 0.265 e. The monoisotopic (exact) mass is 463 g/mol. The van der Waals surface area contributed by atoms with Gasteiger partial charge in [0.25, 0.3) is 11.8 Å². The number of nitrogens with zero attached hydrogens (tertiary/aromatic N) is 2. The molecule has 0 saturated heterocycles. The van der Waals surface area contributed by atoms with E-state index in [2.05, 4.69) is 16.9 Å². The van der Waals surface area contributed by atoms with Crippen molar-refractivity contribution in [2.45, 2.75) is 20.8 Å². The van der Waals surface area contributed by atoms with Crippen LogP contribution in [0.2, 0.25) is 0 Å². The van der Waals surface area contributed by atoms with E-state index in [1.54, 1.807) is 11.0 Å². The molecule has 0 saturated carbocycles. The van der Waals surface area contributed by atoms with Crippen LogP contribution in [0.3, 0.4) is 0 Å². The molecule has 1 aliphatic heterocycles. The summed E-state index contributed by atoms with van der Waals surface area (Å²) >= 11 is 1.39. The fourth-order valence-corrected chi connectivity index (χ4v) is 4.57. The SMILES string of the molecule is C=CCN1C(=O)COc2ccc(-c3nc(NC(=O)COc4c(C)cccc4C)sc3C)cc21. The Hall–Kier alpha value is -3.65. The van der Waals surface area contributed by atoms with Gasteiger partial charge in [0.05, 0.1) is 11.4 Å². The summed E-state index contributed by atoms with van der Waals surface area (Å²) in [5.41, 5.74) is 4.22. The van der Waals surface area contributed by atoms with E-state index >= 15 is 0 Å². The van der Waals surface area contributed by atoms with Crippen molar-refractivity contribution in [2.24, 2.45) is 0 Å². The molecule has 1 aromatic heterocycles. The number of ether oxygens (including phenoxy) is 2. The molecule has 2 aromatic carbocycles. The van der Waals surface area contributed by atoms with Gasteiger partial charge in [0.1, 0.15) is 11.5 Å². The Bertz CT molecular complexity index is 1210. The Balaban J connectivity index is 1.50. The van der Waals surface area contributed by atoms with Gasteiger partial charge in [-0.1, -0.05) is 24.3 Å². The molecule has 170 valence electrons. The molecule has 0 radical (unpaired) electrons. The molecule has 1 N–H and O–H groups in total. The number of hydrogen-bond acceptors (Lipinski definition) is 6. The number of aromatic nitrogens is 1. The van der Waals surface area contributed by atoms with Crippen LogP contribution in [-0.4, -0.2) is 36.6 Å². The van der Waals surface area contributed by atoms with E-state index in [4.69, 9.17) is 9.47 Å². The average molecular weight is 464 g/mol. The summed E-state index contributed by atoms with van der Waals surface area (Å²) in [6, 6.07) is 11.5. The lowest BCUT2D eigenvalue weighted by atomic mass is 10.1. The van der Waals surface area contributed by atoms with Crippen molar-refractivity contribution in [3.05, 3.63) is 65.1 Å². The summed E-state index contributed by atoms with van der Waals surface area (Å²) in [4.78, 5) is 31.9. The predicted octanol–water partition coefficient (Wildman–Crippen LogP) is 4.66. The van der Waals surface area contributed by atoms with Crippen molar-refractivity contribution < 1.29 is 19.1 Å². The Morgan fingerprint density at radius 3 is 2.76 bits per heavy atom. The molecule has 33 heavy (non-hydrogen) atoms. The number of amides is 2. The second kappa shape index (κ2) is 9.46. The van der Waals surface area contributed by atoms with Crippen LogP contribution >= 0.6 is 11.3 Å². The number of carbonyl (C=O) groups is 2. The first kappa shape index (κ1) is 22.5. The van der Waals surface area contributed by atoms with E-state index in [1.807, 2.05) is 57.2 Å². The molecule has 3 aromatic rings. The summed E-state index contributed by atoms with van der Waals surface area (Å²) < 4.78 is 11.3. The lowest BCUT2D eigenvalue weighted by molar-refractivity contribution is -0.121. The van der Waals surface area contributed by atoms with Gasteiger partial charge in [-0.2, -0.15) is 0 Å². The third kappa shape index (κ3) is 4.75. The zero-order valence-corrected chi connectivity index (χ0v) is 19.6. The smallest absolute Gasteiger partial charge is 0.265 e. The van der Waals surface area contributed by atoms with Gasteiger partial charge in [0.15, 0.2) is 18.3 Å². The van der Waals surface area contributed by atoms with E-state index < -0.39 is 0 Å². The lowest BCUT2D eigenvalue weighted by Gasteiger charge is -2.28. The Kier molecular flexibility index (Phi) is 6.46. The largest absolute Gasteiger partial charge is 0.483 e. The van der Waals surface area contributed by atoms with Crippen molar-refractivity contribution in [3.63, 3.8) is 0 Å². The number of nitrogens with one attached hydrogen (secondary N) is 1. The highest BCUT2D eigenvalue weighted by atomic mass is 32.1. The van der Waals surface area contributed by atoms with E-state index in [0.717, 1.165) is 33.0 Å². The molecule has 2 amide bonds. The van der Waals surface area contributed by atoms with Crippen LogP contribution in [-0.2, 0) is 9.59 Å². The summed E-state index contributed by atoms with van der Waals surface area (Å²) in [5, 5.41) is 3.31. The number of fused-ring (bicyclic) bond motifs is 1. The Morgan fingerprint density at radius 2 is 2.03 bits per heavy atom. The van der Waals surface area contributed by atoms with Crippen LogP contribution in [0.15, 0.2) is 49.1 Å². The molecule has 0 fully saturated rings. The molecular weight excluding hydrogens is 438 g/mol. The Morgan fingerprint density at radius 1 is 1.27 bits per heavy atom. The van der Waals surface area contributed by atoms with Gasteiger partial charge in [0, 0.05) is 17.0 Å². The first-order chi connectivity index (χ1) is 15.9. The van der Waals surface area contributed by atoms with Crippen molar-refractivity contribution in [1.82, 2.24) is 4.98 Å². The van der Waals surface area contributed by atoms with E-state index in [9.17, 15) is 9.59 Å². The minimum Gasteiger partial charge on any atom is -0.483 e. The van der Waals surface area contributed by atoms with Gasteiger partial charge >= 0.3 is 0 Å². The van der Waals surface area contributed by atoms with Gasteiger partial charge in [0.2, 0.25) is 0 Å². The lowest BCUT2D eigenvalue weighted by Crippen LogP contribution is -2.38. The minimum atomic E-state index is -0.278. The van der Waals surface area contributed by atoms with Crippen LogP contribution in [0, 0.1) is 20.8 Å². The molecule has 0 bridgehead atoms.